The van der Waals surface area contributed by atoms with E-state index in [1.54, 1.807) is 4.90 Å². The summed E-state index contributed by atoms with van der Waals surface area (Å²) in [5, 5.41) is 0. The molecule has 1 saturated heterocycles. The fraction of sp³-hybridized carbons (Fsp3) is 0.375. The third kappa shape index (κ3) is 3.91. The normalized spacial score (nSPS) is 18.2. The Morgan fingerprint density at radius 3 is 2.73 bits per heavy atom. The molecule has 1 heterocycles. The minimum Gasteiger partial charge on any atom is -0.490 e. The molecule has 0 bridgehead atoms. The number of amides is 1. The number of ether oxygens (including phenoxy) is 1. The van der Waals surface area contributed by atoms with Crippen LogP contribution in [0.2, 0.25) is 0 Å². The number of benzene rings is 1. The van der Waals surface area contributed by atoms with Crippen LogP contribution in [0, 0.1) is 0 Å². The number of hydrogen-bond acceptors (Lipinski definition) is 4. The average Bonchev–Trinajstić information content (AvgIpc) is 2.75. The molecule has 0 aromatic heterocycles. The summed E-state index contributed by atoms with van der Waals surface area (Å²) in [6.45, 7) is 6.65. The minimum absolute atomic E-state index is 0.0199. The molecule has 3 nitrogen and oxygen atoms in total. The van der Waals surface area contributed by atoms with E-state index >= 15 is 0 Å². The monoisotopic (exact) mass is 399 g/mol. The molecule has 1 aromatic rings. The van der Waals surface area contributed by atoms with Gasteiger partial charge in [-0.25, -0.2) is 0 Å². The van der Waals surface area contributed by atoms with Crippen molar-refractivity contribution < 1.29 is 9.53 Å². The van der Waals surface area contributed by atoms with Crippen molar-refractivity contribution in [3.63, 3.8) is 0 Å². The number of carbonyl (C=O) groups is 1. The van der Waals surface area contributed by atoms with Crippen LogP contribution in [0.25, 0.3) is 6.08 Å². The number of halogens is 1. The van der Waals surface area contributed by atoms with E-state index in [1.165, 1.54) is 11.8 Å². The molecular weight excluding hydrogens is 382 g/mol. The second-order valence-electron chi connectivity index (χ2n) is 4.95. The summed E-state index contributed by atoms with van der Waals surface area (Å²) in [7, 11) is 0. The zero-order valence-electron chi connectivity index (χ0n) is 12.8. The standard InChI is InChI=1S/C16H18BrNO2S2/c1-4-10(3)20-13-7-6-11(8-12(13)17)9-14-15(19)18(5-2)16(21)22-14/h6-10H,4-5H2,1-3H3. The molecule has 118 valence electrons. The van der Waals surface area contributed by atoms with Crippen molar-refractivity contribution in [3.05, 3.63) is 33.1 Å². The predicted molar refractivity (Wildman–Crippen MR) is 100 cm³/mol. The Balaban J connectivity index is 2.21. The van der Waals surface area contributed by atoms with Crippen LogP contribution in [0.5, 0.6) is 5.75 Å². The van der Waals surface area contributed by atoms with Crippen molar-refractivity contribution in [1.82, 2.24) is 4.90 Å². The first-order valence-electron chi connectivity index (χ1n) is 7.17. The van der Waals surface area contributed by atoms with Gasteiger partial charge in [0.2, 0.25) is 0 Å². The third-order valence-corrected chi connectivity index (χ3v) is 5.34. The van der Waals surface area contributed by atoms with Gasteiger partial charge in [0.15, 0.2) is 0 Å². The van der Waals surface area contributed by atoms with Gasteiger partial charge >= 0.3 is 0 Å². The highest BCUT2D eigenvalue weighted by molar-refractivity contribution is 9.10. The maximum atomic E-state index is 12.2. The third-order valence-electron chi connectivity index (χ3n) is 3.35. The van der Waals surface area contributed by atoms with Gasteiger partial charge < -0.3 is 4.74 Å². The fourth-order valence-electron chi connectivity index (χ4n) is 1.93. The van der Waals surface area contributed by atoms with Crippen LogP contribution in [0.1, 0.15) is 32.8 Å². The number of thiocarbonyl (C=S) groups is 1. The van der Waals surface area contributed by atoms with Gasteiger partial charge in [0, 0.05) is 6.54 Å². The molecule has 1 unspecified atom stereocenters. The number of carbonyl (C=O) groups excluding carboxylic acids is 1. The van der Waals surface area contributed by atoms with E-state index < -0.39 is 0 Å². The van der Waals surface area contributed by atoms with E-state index in [0.717, 1.165) is 22.2 Å². The summed E-state index contributed by atoms with van der Waals surface area (Å²) >= 11 is 10.1. The van der Waals surface area contributed by atoms with Crippen LogP contribution in [0.4, 0.5) is 0 Å². The molecule has 1 fully saturated rings. The van der Waals surface area contributed by atoms with Crippen molar-refractivity contribution in [2.24, 2.45) is 0 Å². The lowest BCUT2D eigenvalue weighted by molar-refractivity contribution is -0.121. The summed E-state index contributed by atoms with van der Waals surface area (Å²) in [5.74, 6) is 0.793. The molecule has 0 radical (unpaired) electrons. The van der Waals surface area contributed by atoms with Crippen molar-refractivity contribution in [2.75, 3.05) is 6.54 Å². The Morgan fingerprint density at radius 1 is 1.45 bits per heavy atom. The molecule has 1 aromatic carbocycles. The Bertz CT molecular complexity index is 631. The molecular formula is C16H18BrNO2S2. The van der Waals surface area contributed by atoms with E-state index in [9.17, 15) is 4.79 Å². The molecule has 1 atom stereocenters. The maximum Gasteiger partial charge on any atom is 0.266 e. The second kappa shape index (κ2) is 7.62. The quantitative estimate of drug-likeness (QED) is 0.522. The Labute approximate surface area is 149 Å². The number of likely N-dealkylation sites (N-methyl/N-ethyl adjacent to an activating group) is 1. The number of hydrogen-bond donors (Lipinski definition) is 0. The summed E-state index contributed by atoms with van der Waals surface area (Å²) in [6.07, 6.45) is 2.99. The first-order chi connectivity index (χ1) is 10.5. The van der Waals surface area contributed by atoms with Gasteiger partial charge in [-0.3, -0.25) is 9.69 Å². The van der Waals surface area contributed by atoms with E-state index in [2.05, 4.69) is 22.9 Å². The summed E-state index contributed by atoms with van der Waals surface area (Å²) in [4.78, 5) is 14.5. The number of rotatable bonds is 5. The van der Waals surface area contributed by atoms with E-state index in [-0.39, 0.29) is 12.0 Å². The second-order valence-corrected chi connectivity index (χ2v) is 7.48. The first-order valence-corrected chi connectivity index (χ1v) is 9.19. The molecule has 0 aliphatic carbocycles. The van der Waals surface area contributed by atoms with E-state index in [0.29, 0.717) is 15.8 Å². The van der Waals surface area contributed by atoms with Gasteiger partial charge in [-0.1, -0.05) is 37.0 Å². The van der Waals surface area contributed by atoms with Gasteiger partial charge in [0.25, 0.3) is 5.91 Å². The molecule has 6 heteroatoms. The van der Waals surface area contributed by atoms with Crippen LogP contribution >= 0.6 is 39.9 Å². The van der Waals surface area contributed by atoms with Crippen LogP contribution in [0.3, 0.4) is 0 Å². The molecule has 0 saturated carbocycles. The SMILES string of the molecule is CCC(C)Oc1ccc(C=C2SC(=S)N(CC)C2=O)cc1Br. The van der Waals surface area contributed by atoms with Gasteiger partial charge in [-0.2, -0.15) is 0 Å². The molecule has 0 N–H and O–H groups in total. The molecule has 2 rings (SSSR count). The van der Waals surface area contributed by atoms with Crippen LogP contribution in [-0.4, -0.2) is 27.8 Å². The predicted octanol–water partition coefficient (Wildman–Crippen LogP) is 4.85. The highest BCUT2D eigenvalue weighted by Gasteiger charge is 2.30. The Morgan fingerprint density at radius 2 is 2.18 bits per heavy atom. The first kappa shape index (κ1) is 17.5. The molecule has 1 aliphatic heterocycles. The smallest absolute Gasteiger partial charge is 0.266 e. The van der Waals surface area contributed by atoms with Gasteiger partial charge in [-0.05, 0) is 60.0 Å². The summed E-state index contributed by atoms with van der Waals surface area (Å²) in [5.41, 5.74) is 0.944. The summed E-state index contributed by atoms with van der Waals surface area (Å²) < 4.78 is 7.33. The molecule has 1 aliphatic rings. The zero-order valence-corrected chi connectivity index (χ0v) is 16.0. The Hall–Kier alpha value is -0.850. The number of nitrogens with zero attached hydrogens (tertiary/aromatic N) is 1. The Kier molecular flexibility index (Phi) is 6.06. The molecule has 22 heavy (non-hydrogen) atoms. The highest BCUT2D eigenvalue weighted by atomic mass is 79.9. The van der Waals surface area contributed by atoms with Gasteiger partial charge in [0.1, 0.15) is 10.1 Å². The maximum absolute atomic E-state index is 12.2. The average molecular weight is 400 g/mol. The van der Waals surface area contributed by atoms with Crippen molar-refractivity contribution >= 4 is 56.2 Å². The van der Waals surface area contributed by atoms with Crippen molar-refractivity contribution in [3.8, 4) is 5.75 Å². The molecule has 1 amide bonds. The van der Waals surface area contributed by atoms with Gasteiger partial charge in [-0.15, -0.1) is 0 Å². The van der Waals surface area contributed by atoms with Crippen molar-refractivity contribution in [2.45, 2.75) is 33.3 Å². The lowest BCUT2D eigenvalue weighted by Gasteiger charge is -2.14. The van der Waals surface area contributed by atoms with E-state index in [1.807, 2.05) is 38.1 Å². The fourth-order valence-corrected chi connectivity index (χ4v) is 3.80. The summed E-state index contributed by atoms with van der Waals surface area (Å²) in [6, 6.07) is 5.82. The number of thioether (sulfide) groups is 1. The van der Waals surface area contributed by atoms with Gasteiger partial charge in [0.05, 0.1) is 15.5 Å². The topological polar surface area (TPSA) is 29.5 Å². The lowest BCUT2D eigenvalue weighted by atomic mass is 10.2. The van der Waals surface area contributed by atoms with Crippen LogP contribution in [-0.2, 0) is 4.79 Å². The largest absolute Gasteiger partial charge is 0.490 e. The highest BCUT2D eigenvalue weighted by Crippen LogP contribution is 2.34. The van der Waals surface area contributed by atoms with Crippen LogP contribution < -0.4 is 4.74 Å². The lowest BCUT2D eigenvalue weighted by Crippen LogP contribution is -2.27. The van der Waals surface area contributed by atoms with Crippen molar-refractivity contribution in [1.29, 1.82) is 0 Å². The zero-order chi connectivity index (χ0) is 16.3. The van der Waals surface area contributed by atoms with E-state index in [4.69, 9.17) is 17.0 Å². The van der Waals surface area contributed by atoms with Crippen LogP contribution in [0.15, 0.2) is 27.6 Å². The minimum atomic E-state index is -0.0199. The molecule has 0 spiro atoms.